The lowest BCUT2D eigenvalue weighted by molar-refractivity contribution is 0.370. The van der Waals surface area contributed by atoms with Crippen LogP contribution in [0, 0.1) is 134 Å². The third-order valence-electron chi connectivity index (χ3n) is 10.6. The molecule has 6 rings (SSSR count). The van der Waals surface area contributed by atoms with Gasteiger partial charge in [-0.25, -0.2) is 101 Å². The summed E-state index contributed by atoms with van der Waals surface area (Å²) in [5.41, 5.74) is -20.1. The highest BCUT2D eigenvalue weighted by molar-refractivity contribution is 7.01. The molecule has 6 aromatic rings. The molecule has 0 amide bonds. The maximum atomic E-state index is 16.8. The molecule has 0 spiro atoms. The topological polar surface area (TPSA) is 0 Å². The van der Waals surface area contributed by atoms with Gasteiger partial charge in [-0.1, -0.05) is 25.3 Å². The summed E-state index contributed by atoms with van der Waals surface area (Å²) in [6.07, 6.45) is -10.5. The van der Waals surface area contributed by atoms with Crippen molar-refractivity contribution in [3.63, 3.8) is 0 Å². The van der Waals surface area contributed by atoms with Crippen molar-refractivity contribution < 1.29 is 101 Å². The van der Waals surface area contributed by atoms with Crippen molar-refractivity contribution in [2.45, 2.75) is 12.6 Å². The van der Waals surface area contributed by atoms with Crippen LogP contribution in [0.25, 0.3) is 34.4 Å². The van der Waals surface area contributed by atoms with Crippen LogP contribution < -0.4 is 10.9 Å². The van der Waals surface area contributed by atoms with Crippen molar-refractivity contribution in [2.24, 2.45) is 0 Å². The van der Waals surface area contributed by atoms with Crippen LogP contribution in [0.4, 0.5) is 101 Å². The molecule has 0 heterocycles. The highest BCUT2D eigenvalue weighted by Gasteiger charge is 2.47. The Hall–Kier alpha value is -6.75. The van der Waals surface area contributed by atoms with Crippen molar-refractivity contribution in [3.8, 4) is 22.3 Å². The summed E-state index contributed by atoms with van der Waals surface area (Å²) in [6.45, 7) is 6.75. The maximum absolute atomic E-state index is 16.8. The van der Waals surface area contributed by atoms with E-state index in [1.54, 1.807) is 0 Å². The Morgan fingerprint density at radius 3 is 0.803 bits per heavy atom. The summed E-state index contributed by atoms with van der Waals surface area (Å²) >= 11 is 0. The average Bonchev–Trinajstić information content (AvgIpc) is 3.30. The van der Waals surface area contributed by atoms with Gasteiger partial charge < -0.3 is 0 Å². The molecule has 6 aromatic carbocycles. The van der Waals surface area contributed by atoms with Crippen molar-refractivity contribution in [1.29, 1.82) is 0 Å². The first-order valence-electron chi connectivity index (χ1n) is 17.6. The normalized spacial score (nSPS) is 11.8. The zero-order valence-electron chi connectivity index (χ0n) is 31.5. The molecule has 0 aromatic heterocycles. The predicted molar refractivity (Wildman–Crippen MR) is 188 cm³/mol. The van der Waals surface area contributed by atoms with Crippen molar-refractivity contribution in [2.75, 3.05) is 0 Å². The van der Waals surface area contributed by atoms with Gasteiger partial charge in [0.1, 0.15) is 23.3 Å². The van der Waals surface area contributed by atoms with Gasteiger partial charge in [-0.2, -0.15) is 0 Å². The van der Waals surface area contributed by atoms with E-state index in [2.05, 4.69) is 13.2 Å². The monoisotopic (exact) mass is 965 g/mol. The molecule has 0 nitrogen and oxygen atoms in total. The molecular formula is C42H13BF23-. The summed E-state index contributed by atoms with van der Waals surface area (Å²) in [5, 5.41) is 0. The lowest BCUT2D eigenvalue weighted by atomic mass is 9.14. The van der Waals surface area contributed by atoms with Crippen LogP contribution in [0.1, 0.15) is 22.3 Å². The van der Waals surface area contributed by atoms with E-state index in [4.69, 9.17) is 0 Å². The largest absolute Gasteiger partial charge is 0.207 e. The van der Waals surface area contributed by atoms with Gasteiger partial charge in [0.05, 0.1) is 22.8 Å². The van der Waals surface area contributed by atoms with E-state index in [0.29, 0.717) is 0 Å². The molecule has 0 aliphatic rings. The lowest BCUT2D eigenvalue weighted by Gasteiger charge is -2.43. The molecule has 66 heavy (non-hydrogen) atoms. The Balaban J connectivity index is 1.85. The zero-order chi connectivity index (χ0) is 49.5. The highest BCUT2D eigenvalue weighted by Crippen LogP contribution is 2.42. The Morgan fingerprint density at radius 2 is 0.515 bits per heavy atom. The first-order chi connectivity index (χ1) is 30.7. The number of benzene rings is 6. The quantitative estimate of drug-likeness (QED) is 0.0555. The molecule has 0 radical (unpaired) electrons. The molecule has 0 atom stereocenters. The van der Waals surface area contributed by atoms with Gasteiger partial charge in [0.15, 0.2) is 98.9 Å². The van der Waals surface area contributed by atoms with Crippen LogP contribution in [0.2, 0.25) is 0 Å². The molecule has 0 bridgehead atoms. The van der Waals surface area contributed by atoms with Gasteiger partial charge in [0.2, 0.25) is 11.6 Å². The number of hydrogen-bond acceptors (Lipinski definition) is 0. The zero-order valence-corrected chi connectivity index (χ0v) is 31.5. The Kier molecular flexibility index (Phi) is 12.7. The van der Waals surface area contributed by atoms with Crippen LogP contribution in [0.15, 0.2) is 31.4 Å². The van der Waals surface area contributed by atoms with Crippen molar-refractivity contribution in [3.05, 3.63) is 187 Å². The van der Waals surface area contributed by atoms with Gasteiger partial charge in [-0.15, -0.1) is 23.6 Å². The van der Waals surface area contributed by atoms with E-state index < -0.39 is 197 Å². The Bertz CT molecular complexity index is 2880. The molecule has 0 saturated heterocycles. The van der Waals surface area contributed by atoms with Gasteiger partial charge in [0, 0.05) is 0 Å². The summed E-state index contributed by atoms with van der Waals surface area (Å²) in [6, 6.07) is 2.90. The summed E-state index contributed by atoms with van der Waals surface area (Å²) < 4.78 is 354. The molecule has 0 aliphatic heterocycles. The SMILES string of the molecule is C=Cc1cc(C=C)cc(-c2c(F)c(F)c(-c3c(F)c(F)c([B-](Cc4c(F)c(F)c(F)c(F)c4F)(Cc4c(F)c(F)c(F)c(F)c4F)c4c(F)c(F)c(F)c(F)c4F)c(F)c3F)c(F)c2F)c1. The van der Waals surface area contributed by atoms with Crippen LogP contribution >= 0.6 is 0 Å². The van der Waals surface area contributed by atoms with E-state index in [1.165, 1.54) is 6.07 Å². The lowest BCUT2D eigenvalue weighted by Crippen LogP contribution is -2.68. The second kappa shape index (κ2) is 17.2. The third-order valence-corrected chi connectivity index (χ3v) is 10.6. The number of hydrogen-bond donors (Lipinski definition) is 0. The first-order valence-corrected chi connectivity index (χ1v) is 17.6. The Morgan fingerprint density at radius 1 is 0.288 bits per heavy atom. The van der Waals surface area contributed by atoms with E-state index in [9.17, 15) is 30.7 Å². The van der Waals surface area contributed by atoms with E-state index >= 15 is 70.2 Å². The van der Waals surface area contributed by atoms with Crippen LogP contribution in [-0.2, 0) is 12.6 Å². The van der Waals surface area contributed by atoms with Crippen LogP contribution in [0.5, 0.6) is 0 Å². The fraction of sp³-hybridized carbons (Fsp3) is 0.0476. The highest BCUT2D eigenvalue weighted by atomic mass is 19.2. The summed E-state index contributed by atoms with van der Waals surface area (Å²) in [7, 11) is 0. The minimum absolute atomic E-state index is 0.0150. The average molecular weight is 965 g/mol. The molecule has 0 aliphatic carbocycles. The predicted octanol–water partition coefficient (Wildman–Crippen LogP) is 12.6. The molecule has 346 valence electrons. The minimum Gasteiger partial charge on any atom is -0.207 e. The van der Waals surface area contributed by atoms with Gasteiger partial charge in [-0.3, -0.25) is 0 Å². The fourth-order valence-electron chi connectivity index (χ4n) is 7.60. The maximum Gasteiger partial charge on any atom is 0.200 e. The fourth-order valence-corrected chi connectivity index (χ4v) is 7.60. The Labute approximate surface area is 352 Å². The number of halogens is 23. The van der Waals surface area contributed by atoms with Crippen molar-refractivity contribution in [1.82, 2.24) is 0 Å². The van der Waals surface area contributed by atoms with Gasteiger partial charge in [0.25, 0.3) is 0 Å². The summed E-state index contributed by atoms with van der Waals surface area (Å²) in [4.78, 5) is 0. The van der Waals surface area contributed by atoms with Crippen LogP contribution in [0.3, 0.4) is 0 Å². The van der Waals surface area contributed by atoms with E-state index in [-0.39, 0.29) is 11.1 Å². The standard InChI is InChI=1S/C42H13BF23/c1-3-10-5-11(4-2)7-12(6-10)15-24(48)26(50)16(27(51)25(15)49)17-28(52)30(54)18(31(55)29(17)53)43(19-32(56)38(62)42(66)39(63)33(19)57,8-13-20(44)34(58)40(64)35(59)21(13)45)9-14-22(46)36(60)41(65)37(61)23(14)47/h3-7H,1-2,8-9H2/q-1. The minimum atomic E-state index is -6.34. The molecule has 24 heteroatoms. The second-order valence-electron chi connectivity index (χ2n) is 14.1. The van der Waals surface area contributed by atoms with E-state index in [0.717, 1.165) is 24.3 Å². The van der Waals surface area contributed by atoms with Crippen molar-refractivity contribution >= 4 is 29.2 Å². The van der Waals surface area contributed by atoms with Crippen LogP contribution in [-0.4, -0.2) is 6.15 Å². The molecule has 0 saturated carbocycles. The third kappa shape index (κ3) is 7.14. The molecule has 0 N–H and O–H groups in total. The molecule has 0 fully saturated rings. The first kappa shape index (κ1) is 48.7. The second-order valence-corrected chi connectivity index (χ2v) is 14.1. The van der Waals surface area contributed by atoms with Gasteiger partial charge >= 0.3 is 0 Å². The smallest absolute Gasteiger partial charge is 0.200 e. The molecule has 0 unspecified atom stereocenters. The number of rotatable bonds is 10. The summed E-state index contributed by atoms with van der Waals surface area (Å²) in [5.74, 6) is -74.4. The molecular weight excluding hydrogens is 952 g/mol. The van der Waals surface area contributed by atoms with E-state index in [1.807, 2.05) is 0 Å². The van der Waals surface area contributed by atoms with Gasteiger partial charge in [-0.05, 0) is 46.0 Å².